The van der Waals surface area contributed by atoms with Crippen LogP contribution in [0.15, 0.2) is 115 Å². The van der Waals surface area contributed by atoms with Crippen molar-refractivity contribution in [3.8, 4) is 33.9 Å². The van der Waals surface area contributed by atoms with E-state index in [1.54, 1.807) is 14.2 Å². The van der Waals surface area contributed by atoms with Crippen molar-refractivity contribution >= 4 is 27.4 Å². The summed E-state index contributed by atoms with van der Waals surface area (Å²) in [5.74, 6) is 1.42. The third-order valence-corrected chi connectivity index (χ3v) is 7.38. The Morgan fingerprint density at radius 3 is 2.15 bits per heavy atom. The Balaban J connectivity index is 1.50. The Hall–Kier alpha value is -4.74. The number of fused-ring (bicyclic) bond motifs is 3. The topological polar surface area (TPSA) is 55.6 Å². The van der Waals surface area contributed by atoms with Gasteiger partial charge in [-0.25, -0.2) is 0 Å². The average molecular weight is 529 g/mol. The molecule has 6 aromatic rings. The third-order valence-electron chi connectivity index (χ3n) is 7.38. The maximum Gasteiger partial charge on any atom is 0.142 e. The summed E-state index contributed by atoms with van der Waals surface area (Å²) in [4.78, 5) is 0. The van der Waals surface area contributed by atoms with Gasteiger partial charge in [0.25, 0.3) is 0 Å². The van der Waals surface area contributed by atoms with E-state index >= 15 is 0 Å². The summed E-state index contributed by atoms with van der Waals surface area (Å²) in [6, 6.07) is 39.4. The molecular formula is C35H32N2O3. The first-order chi connectivity index (χ1) is 19.7. The zero-order valence-corrected chi connectivity index (χ0v) is 22.7. The van der Waals surface area contributed by atoms with Crippen LogP contribution >= 0.6 is 0 Å². The number of benzene rings is 5. The zero-order chi connectivity index (χ0) is 27.5. The quantitative estimate of drug-likeness (QED) is 0.203. The highest BCUT2D eigenvalue weighted by Crippen LogP contribution is 2.43. The van der Waals surface area contributed by atoms with E-state index in [2.05, 4.69) is 94.8 Å². The average Bonchev–Trinajstić information content (AvgIpc) is 3.34. The number of aliphatic hydroxyl groups excluding tert-OH is 1. The lowest BCUT2D eigenvalue weighted by Gasteiger charge is -2.19. The Labute approximate surface area is 234 Å². The van der Waals surface area contributed by atoms with E-state index in [9.17, 15) is 5.11 Å². The molecule has 0 bridgehead atoms. The smallest absolute Gasteiger partial charge is 0.142 e. The summed E-state index contributed by atoms with van der Waals surface area (Å²) >= 11 is 0. The van der Waals surface area contributed by atoms with Gasteiger partial charge in [0, 0.05) is 28.9 Å². The second kappa shape index (κ2) is 11.2. The van der Waals surface area contributed by atoms with Crippen molar-refractivity contribution in [1.29, 1.82) is 0 Å². The van der Waals surface area contributed by atoms with Crippen molar-refractivity contribution in [2.75, 3.05) is 26.1 Å². The van der Waals surface area contributed by atoms with Gasteiger partial charge in [0.2, 0.25) is 0 Å². The molecule has 200 valence electrons. The lowest BCUT2D eigenvalue weighted by Crippen LogP contribution is -2.25. The number of methoxy groups -OCH3 is 2. The molecule has 0 saturated carbocycles. The molecule has 1 aromatic heterocycles. The summed E-state index contributed by atoms with van der Waals surface area (Å²) in [5.41, 5.74) is 6.41. The summed E-state index contributed by atoms with van der Waals surface area (Å²) in [6.45, 7) is 0.740. The fourth-order valence-corrected chi connectivity index (χ4v) is 5.55. The molecule has 2 N–H and O–H groups in total. The third kappa shape index (κ3) is 4.76. The van der Waals surface area contributed by atoms with Gasteiger partial charge in [-0.1, -0.05) is 97.1 Å². The predicted octanol–water partition coefficient (Wildman–Crippen LogP) is 7.62. The lowest BCUT2D eigenvalue weighted by atomic mass is 9.97. The minimum atomic E-state index is -0.684. The Bertz CT molecular complexity index is 1760. The van der Waals surface area contributed by atoms with Crippen LogP contribution in [0.4, 0.5) is 5.69 Å². The highest BCUT2D eigenvalue weighted by atomic mass is 16.5. The molecule has 0 fully saturated rings. The SMILES string of the molecule is COc1ccc(OC)c(NCC(O)Cn2c(-c3ccccc3)c(-c3ccccc3)c3ccc4ccccc4c32)c1. The number of nitrogens with one attached hydrogen (secondary N) is 1. The van der Waals surface area contributed by atoms with Gasteiger partial charge in [0.05, 0.1) is 43.8 Å². The molecule has 5 heteroatoms. The molecule has 0 saturated heterocycles. The molecule has 0 spiro atoms. The first kappa shape index (κ1) is 25.5. The number of hydrogen-bond acceptors (Lipinski definition) is 4. The molecule has 5 nitrogen and oxygen atoms in total. The standard InChI is InChI=1S/C35H32N2O3/c1-39-28-18-20-32(40-2)31(21-28)36-22-27(38)23-37-34(26-14-7-4-8-15-26)33(25-12-5-3-6-13-25)30-19-17-24-11-9-10-16-29(24)35(30)37/h3-21,27,36,38H,22-23H2,1-2H3. The normalized spacial score (nSPS) is 12.0. The molecule has 0 aliphatic rings. The van der Waals surface area contributed by atoms with Crippen molar-refractivity contribution in [1.82, 2.24) is 4.57 Å². The van der Waals surface area contributed by atoms with E-state index < -0.39 is 6.10 Å². The van der Waals surface area contributed by atoms with Gasteiger partial charge in [-0.2, -0.15) is 0 Å². The Kier molecular flexibility index (Phi) is 7.13. The molecule has 6 rings (SSSR count). The number of anilines is 1. The highest BCUT2D eigenvalue weighted by molar-refractivity contribution is 6.15. The van der Waals surface area contributed by atoms with Gasteiger partial charge in [0.15, 0.2) is 0 Å². The van der Waals surface area contributed by atoms with Gasteiger partial charge >= 0.3 is 0 Å². The Morgan fingerprint density at radius 2 is 1.43 bits per heavy atom. The van der Waals surface area contributed by atoms with Crippen molar-refractivity contribution in [3.05, 3.63) is 115 Å². The maximum atomic E-state index is 11.5. The van der Waals surface area contributed by atoms with Crippen LogP contribution in [-0.4, -0.2) is 36.5 Å². The van der Waals surface area contributed by atoms with Gasteiger partial charge < -0.3 is 24.5 Å². The van der Waals surface area contributed by atoms with E-state index in [0.717, 1.165) is 39.2 Å². The number of ether oxygens (including phenoxy) is 2. The van der Waals surface area contributed by atoms with Crippen LogP contribution in [0.25, 0.3) is 44.1 Å². The van der Waals surface area contributed by atoms with Crippen LogP contribution in [0, 0.1) is 0 Å². The van der Waals surface area contributed by atoms with Crippen molar-refractivity contribution in [2.45, 2.75) is 12.6 Å². The van der Waals surface area contributed by atoms with E-state index in [4.69, 9.17) is 9.47 Å². The lowest BCUT2D eigenvalue weighted by molar-refractivity contribution is 0.169. The van der Waals surface area contributed by atoms with Crippen LogP contribution in [0.2, 0.25) is 0 Å². The minimum absolute atomic E-state index is 0.336. The van der Waals surface area contributed by atoms with E-state index in [-0.39, 0.29) is 0 Å². The van der Waals surface area contributed by atoms with Crippen molar-refractivity contribution < 1.29 is 14.6 Å². The molecule has 40 heavy (non-hydrogen) atoms. The summed E-state index contributed by atoms with van der Waals surface area (Å²) < 4.78 is 13.2. The fraction of sp³-hybridized carbons (Fsp3) is 0.143. The van der Waals surface area contributed by atoms with Gasteiger partial charge in [-0.05, 0) is 28.6 Å². The van der Waals surface area contributed by atoms with Crippen LogP contribution in [-0.2, 0) is 6.54 Å². The van der Waals surface area contributed by atoms with Crippen LogP contribution < -0.4 is 14.8 Å². The van der Waals surface area contributed by atoms with E-state index in [0.29, 0.717) is 18.8 Å². The highest BCUT2D eigenvalue weighted by Gasteiger charge is 2.23. The van der Waals surface area contributed by atoms with Crippen LogP contribution in [0.3, 0.4) is 0 Å². The first-order valence-corrected chi connectivity index (χ1v) is 13.5. The molecule has 1 heterocycles. The van der Waals surface area contributed by atoms with Crippen LogP contribution in [0.5, 0.6) is 11.5 Å². The predicted molar refractivity (Wildman–Crippen MR) is 164 cm³/mol. The largest absolute Gasteiger partial charge is 0.497 e. The van der Waals surface area contributed by atoms with E-state index in [1.807, 2.05) is 30.3 Å². The molecule has 1 atom stereocenters. The first-order valence-electron chi connectivity index (χ1n) is 13.5. The molecule has 5 aromatic carbocycles. The monoisotopic (exact) mass is 528 g/mol. The van der Waals surface area contributed by atoms with Gasteiger partial charge in [-0.15, -0.1) is 0 Å². The fourth-order valence-electron chi connectivity index (χ4n) is 5.55. The number of aliphatic hydroxyl groups is 1. The second-order valence-corrected chi connectivity index (χ2v) is 9.85. The van der Waals surface area contributed by atoms with Crippen molar-refractivity contribution in [3.63, 3.8) is 0 Å². The maximum absolute atomic E-state index is 11.5. The van der Waals surface area contributed by atoms with Gasteiger partial charge in [-0.3, -0.25) is 0 Å². The van der Waals surface area contributed by atoms with Gasteiger partial charge in [0.1, 0.15) is 11.5 Å². The molecule has 0 aliphatic heterocycles. The molecule has 0 radical (unpaired) electrons. The summed E-state index contributed by atoms with van der Waals surface area (Å²) in [7, 11) is 3.27. The molecule has 0 amide bonds. The number of aromatic nitrogens is 1. The summed E-state index contributed by atoms with van der Waals surface area (Å²) in [6.07, 6.45) is -0.684. The second-order valence-electron chi connectivity index (χ2n) is 9.85. The zero-order valence-electron chi connectivity index (χ0n) is 22.7. The molecular weight excluding hydrogens is 496 g/mol. The molecule has 1 unspecified atom stereocenters. The Morgan fingerprint density at radius 1 is 0.725 bits per heavy atom. The van der Waals surface area contributed by atoms with E-state index in [1.165, 1.54) is 16.3 Å². The number of nitrogens with zero attached hydrogens (tertiary/aromatic N) is 1. The summed E-state index contributed by atoms with van der Waals surface area (Å²) in [5, 5.41) is 18.3. The molecule has 0 aliphatic carbocycles. The van der Waals surface area contributed by atoms with Crippen molar-refractivity contribution in [2.24, 2.45) is 0 Å². The number of hydrogen-bond donors (Lipinski definition) is 2. The minimum Gasteiger partial charge on any atom is -0.497 e. The number of rotatable bonds is 9. The van der Waals surface area contributed by atoms with Crippen LogP contribution in [0.1, 0.15) is 0 Å².